The minimum absolute atomic E-state index is 0.0137. The number of hydrogen-bond donors (Lipinski definition) is 0. The zero-order valence-corrected chi connectivity index (χ0v) is 27.6. The Kier molecular flexibility index (Phi) is 8.07. The van der Waals surface area contributed by atoms with Crippen molar-refractivity contribution < 1.29 is 4.79 Å². The molecule has 10 heteroatoms. The molecule has 2 aromatic heterocycles. The van der Waals surface area contributed by atoms with Crippen LogP contribution in [0.25, 0.3) is 22.6 Å². The van der Waals surface area contributed by atoms with E-state index >= 15 is 0 Å². The molecule has 228 valence electrons. The zero-order valence-electron chi connectivity index (χ0n) is 26.5. The van der Waals surface area contributed by atoms with E-state index in [9.17, 15) is 4.79 Å². The number of aromatic nitrogens is 4. The molecule has 3 fully saturated rings. The molecule has 1 unspecified atom stereocenters. The molecule has 2 aliphatic heterocycles. The van der Waals surface area contributed by atoms with Crippen molar-refractivity contribution in [1.82, 2.24) is 29.5 Å². The summed E-state index contributed by atoms with van der Waals surface area (Å²) in [4.78, 5) is 31.8. The number of anilines is 2. The second-order valence-corrected chi connectivity index (χ2v) is 13.1. The molecule has 1 aromatic carbocycles. The lowest BCUT2D eigenvalue weighted by Crippen LogP contribution is -2.58. The van der Waals surface area contributed by atoms with Gasteiger partial charge in [0.2, 0.25) is 11.9 Å². The molecule has 0 spiro atoms. The summed E-state index contributed by atoms with van der Waals surface area (Å²) in [7, 11) is 7.32. The first-order valence-electron chi connectivity index (χ1n) is 15.6. The number of carbonyl (C=O) groups is 1. The monoisotopic (exact) mass is 600 g/mol. The SMILES string of the molecule is C=CC(=O)N1CCN(c2nc(N3CC(N(C)C)C3)nc3c(P)c(/C(CC)=c4/c(=C\C)cnn4C4CC4)c(C)cc23)C[C@H]1C. The number of carbonyl (C=O) groups excluding carboxylic acids is 1. The minimum Gasteiger partial charge on any atom is -0.352 e. The van der Waals surface area contributed by atoms with Crippen molar-refractivity contribution in [2.75, 3.05) is 56.6 Å². The van der Waals surface area contributed by atoms with E-state index in [0.717, 1.165) is 47.5 Å². The van der Waals surface area contributed by atoms with E-state index in [0.29, 0.717) is 31.7 Å². The standard InChI is InChI=1S/C33H45N8OP/c1-8-22-16-34-41(23-11-12-23)30(22)25(9-2)28-20(4)15-26-29(31(28)43)35-33(39-18-24(19-39)37(6)7)36-32(26)38-13-14-40(21(5)17-38)27(42)10-3/h8,10,15-16,21,23-24H,3,9,11-14,17-19,43H2,1-2,4-7H3/b22-8-,30-25-/t21-/m1/s1. The molecule has 9 nitrogen and oxygen atoms in total. The van der Waals surface area contributed by atoms with Crippen molar-refractivity contribution >= 4 is 54.8 Å². The Bertz CT molecular complexity index is 1700. The predicted octanol–water partition coefficient (Wildman–Crippen LogP) is 2.35. The molecule has 3 aliphatic rings. The topological polar surface area (TPSA) is 73.6 Å². The van der Waals surface area contributed by atoms with Crippen molar-refractivity contribution in [3.63, 3.8) is 0 Å². The van der Waals surface area contributed by atoms with Gasteiger partial charge in [-0.1, -0.05) is 19.6 Å². The highest BCUT2D eigenvalue weighted by molar-refractivity contribution is 7.28. The van der Waals surface area contributed by atoms with Gasteiger partial charge in [0.05, 0.1) is 23.1 Å². The Balaban J connectivity index is 1.54. The van der Waals surface area contributed by atoms with E-state index < -0.39 is 0 Å². The summed E-state index contributed by atoms with van der Waals surface area (Å²) in [6, 6.07) is 3.32. The van der Waals surface area contributed by atoms with Crippen LogP contribution in [0.15, 0.2) is 24.9 Å². The summed E-state index contributed by atoms with van der Waals surface area (Å²) in [5.74, 6) is 1.72. The highest BCUT2D eigenvalue weighted by atomic mass is 31.0. The van der Waals surface area contributed by atoms with Gasteiger partial charge in [0, 0.05) is 60.7 Å². The maximum atomic E-state index is 12.5. The van der Waals surface area contributed by atoms with E-state index in [1.54, 1.807) is 0 Å². The summed E-state index contributed by atoms with van der Waals surface area (Å²) >= 11 is 0. The number of nitrogens with zero attached hydrogens (tertiary/aromatic N) is 8. The van der Waals surface area contributed by atoms with Crippen LogP contribution in [0.2, 0.25) is 0 Å². The van der Waals surface area contributed by atoms with Crippen molar-refractivity contribution in [3.05, 3.63) is 46.6 Å². The second-order valence-electron chi connectivity index (χ2n) is 12.5. The second kappa shape index (κ2) is 11.7. The van der Waals surface area contributed by atoms with Gasteiger partial charge >= 0.3 is 0 Å². The van der Waals surface area contributed by atoms with Crippen LogP contribution in [0, 0.1) is 6.92 Å². The van der Waals surface area contributed by atoms with Crippen LogP contribution in [-0.4, -0.2) is 94.4 Å². The zero-order chi connectivity index (χ0) is 30.6. The molecule has 0 bridgehead atoms. The number of aryl methyl sites for hydroxylation is 1. The number of likely N-dealkylation sites (N-methyl/N-ethyl adjacent to an activating group) is 1. The highest BCUT2D eigenvalue weighted by Crippen LogP contribution is 2.35. The largest absolute Gasteiger partial charge is 0.352 e. The van der Waals surface area contributed by atoms with Crippen LogP contribution in [0.3, 0.4) is 0 Å². The molecule has 1 amide bonds. The molecule has 43 heavy (non-hydrogen) atoms. The van der Waals surface area contributed by atoms with Crippen LogP contribution in [0.1, 0.15) is 57.2 Å². The minimum atomic E-state index is -0.0137. The lowest BCUT2D eigenvalue weighted by atomic mass is 9.95. The van der Waals surface area contributed by atoms with Gasteiger partial charge in [-0.2, -0.15) is 10.1 Å². The number of fused-ring (bicyclic) bond motifs is 1. The van der Waals surface area contributed by atoms with Crippen LogP contribution < -0.4 is 25.7 Å². The molecule has 2 saturated heterocycles. The maximum Gasteiger partial charge on any atom is 0.246 e. The molecule has 3 aromatic rings. The van der Waals surface area contributed by atoms with Crippen LogP contribution in [0.4, 0.5) is 11.8 Å². The summed E-state index contributed by atoms with van der Waals surface area (Å²) in [6.07, 6.45) is 8.88. The van der Waals surface area contributed by atoms with Crippen molar-refractivity contribution in [2.24, 2.45) is 0 Å². The molecular weight excluding hydrogens is 555 g/mol. The fourth-order valence-electron chi connectivity index (χ4n) is 6.68. The normalized spacial score (nSPS) is 20.7. The van der Waals surface area contributed by atoms with E-state index in [4.69, 9.17) is 15.1 Å². The van der Waals surface area contributed by atoms with Gasteiger partial charge < -0.3 is 19.6 Å². The van der Waals surface area contributed by atoms with Crippen molar-refractivity contribution in [2.45, 2.75) is 65.1 Å². The number of rotatable bonds is 7. The van der Waals surface area contributed by atoms with Crippen molar-refractivity contribution in [1.29, 1.82) is 0 Å². The average Bonchev–Trinajstić information content (AvgIpc) is 3.72. The average molecular weight is 601 g/mol. The van der Waals surface area contributed by atoms with E-state index in [2.05, 4.69) is 89.1 Å². The Labute approximate surface area is 257 Å². The molecule has 2 atom stereocenters. The van der Waals surface area contributed by atoms with Gasteiger partial charge in [-0.3, -0.25) is 9.48 Å². The van der Waals surface area contributed by atoms with Gasteiger partial charge in [-0.25, -0.2) is 4.98 Å². The number of benzene rings is 1. The Morgan fingerprint density at radius 2 is 1.91 bits per heavy atom. The maximum absolute atomic E-state index is 12.5. The first-order chi connectivity index (χ1) is 20.7. The molecule has 4 heterocycles. The first kappa shape index (κ1) is 29.8. The third-order valence-electron chi connectivity index (χ3n) is 9.42. The lowest BCUT2D eigenvalue weighted by molar-refractivity contribution is -0.128. The lowest BCUT2D eigenvalue weighted by Gasteiger charge is -2.44. The Hall–Kier alpha value is -3.29. The smallest absolute Gasteiger partial charge is 0.246 e. The number of hydrogen-bond acceptors (Lipinski definition) is 7. The van der Waals surface area contributed by atoms with Gasteiger partial charge in [0.1, 0.15) is 5.82 Å². The number of amides is 1. The number of piperazine rings is 1. The summed E-state index contributed by atoms with van der Waals surface area (Å²) < 4.78 is 2.26. The first-order valence-corrected chi connectivity index (χ1v) is 16.2. The summed E-state index contributed by atoms with van der Waals surface area (Å²) in [5, 5.41) is 9.43. The molecular formula is C33H45N8OP. The van der Waals surface area contributed by atoms with Gasteiger partial charge in [-0.05, 0) is 83.0 Å². The predicted molar refractivity (Wildman–Crippen MR) is 180 cm³/mol. The van der Waals surface area contributed by atoms with Gasteiger partial charge in [0.15, 0.2) is 0 Å². The van der Waals surface area contributed by atoms with Crippen LogP contribution in [-0.2, 0) is 4.79 Å². The Morgan fingerprint density at radius 3 is 2.51 bits per heavy atom. The van der Waals surface area contributed by atoms with Gasteiger partial charge in [0.25, 0.3) is 0 Å². The summed E-state index contributed by atoms with van der Waals surface area (Å²) in [5.41, 5.74) is 4.74. The van der Waals surface area contributed by atoms with Gasteiger partial charge in [-0.15, -0.1) is 9.24 Å². The Morgan fingerprint density at radius 1 is 1.16 bits per heavy atom. The third kappa shape index (κ3) is 5.25. The van der Waals surface area contributed by atoms with E-state index in [1.807, 2.05) is 11.1 Å². The molecule has 1 saturated carbocycles. The fourth-order valence-corrected chi connectivity index (χ4v) is 7.31. The highest BCUT2D eigenvalue weighted by Gasteiger charge is 2.34. The molecule has 0 N–H and O–H groups in total. The fraction of sp³-hybridized carbons (Fsp3) is 0.515. The third-order valence-corrected chi connectivity index (χ3v) is 9.98. The van der Waals surface area contributed by atoms with E-state index in [-0.39, 0.29) is 11.9 Å². The molecule has 0 radical (unpaired) electrons. The molecule has 6 rings (SSSR count). The van der Waals surface area contributed by atoms with E-state index in [1.165, 1.54) is 46.2 Å². The summed E-state index contributed by atoms with van der Waals surface area (Å²) in [6.45, 7) is 16.2. The van der Waals surface area contributed by atoms with Crippen LogP contribution in [0.5, 0.6) is 0 Å². The van der Waals surface area contributed by atoms with Crippen molar-refractivity contribution in [3.8, 4) is 0 Å². The van der Waals surface area contributed by atoms with Crippen LogP contribution >= 0.6 is 9.24 Å². The molecule has 1 aliphatic carbocycles. The quantitative estimate of drug-likeness (QED) is 0.305.